The summed E-state index contributed by atoms with van der Waals surface area (Å²) in [7, 11) is 0. The maximum absolute atomic E-state index is 11.9. The number of benzene rings is 1. The van der Waals surface area contributed by atoms with E-state index in [1.165, 1.54) is 0 Å². The third kappa shape index (κ3) is 2.13. The van der Waals surface area contributed by atoms with Gasteiger partial charge in [-0.05, 0) is 13.3 Å². The Kier molecular flexibility index (Phi) is 3.04. The summed E-state index contributed by atoms with van der Waals surface area (Å²) in [6.07, 6.45) is 0.632. The molecule has 0 spiro atoms. The van der Waals surface area contributed by atoms with Gasteiger partial charge in [-0.3, -0.25) is 9.59 Å². The van der Waals surface area contributed by atoms with Crippen molar-refractivity contribution in [2.75, 3.05) is 6.61 Å². The van der Waals surface area contributed by atoms with Crippen LogP contribution >= 0.6 is 0 Å². The van der Waals surface area contributed by atoms with Crippen molar-refractivity contribution >= 4 is 11.8 Å². The highest BCUT2D eigenvalue weighted by atomic mass is 16.5. The minimum absolute atomic E-state index is 0.0543. The fourth-order valence-electron chi connectivity index (χ4n) is 1.81. The van der Waals surface area contributed by atoms with Gasteiger partial charge in [-0.1, -0.05) is 30.3 Å². The molecule has 16 heavy (non-hydrogen) atoms. The molecular weight excluding hydrogens is 204 g/mol. The molecule has 1 aromatic carbocycles. The molecule has 3 heteroatoms. The van der Waals surface area contributed by atoms with E-state index in [9.17, 15) is 9.59 Å². The molecular formula is C13H14O3. The van der Waals surface area contributed by atoms with Gasteiger partial charge in [0.15, 0.2) is 5.78 Å². The van der Waals surface area contributed by atoms with Gasteiger partial charge < -0.3 is 4.74 Å². The number of carbonyl (C=O) groups excluding carboxylic acids is 2. The smallest absolute Gasteiger partial charge is 0.309 e. The quantitative estimate of drug-likeness (QED) is 0.574. The summed E-state index contributed by atoms with van der Waals surface area (Å²) < 4.78 is 4.89. The van der Waals surface area contributed by atoms with Crippen LogP contribution in [0.1, 0.15) is 23.7 Å². The third-order valence-electron chi connectivity index (χ3n) is 2.77. The summed E-state index contributed by atoms with van der Waals surface area (Å²) in [4.78, 5) is 23.3. The first-order valence-corrected chi connectivity index (χ1v) is 5.50. The maximum atomic E-state index is 11.9. The van der Waals surface area contributed by atoms with Crippen LogP contribution in [0.25, 0.3) is 0 Å². The maximum Gasteiger partial charge on any atom is 0.309 e. The van der Waals surface area contributed by atoms with Gasteiger partial charge in [0.25, 0.3) is 0 Å². The van der Waals surface area contributed by atoms with Crippen molar-refractivity contribution in [3.63, 3.8) is 0 Å². The largest absolute Gasteiger partial charge is 0.466 e. The Hall–Kier alpha value is -1.64. The standard InChI is InChI=1S/C13H14O3/c1-2-16-13(15)11-8-10(11)12(14)9-6-4-3-5-7-9/h3-7,10-11H,2,8H2,1H3/t10-,11+/m1/s1. The topological polar surface area (TPSA) is 43.4 Å². The lowest BCUT2D eigenvalue weighted by molar-refractivity contribution is -0.144. The Balaban J connectivity index is 1.97. The third-order valence-corrected chi connectivity index (χ3v) is 2.77. The van der Waals surface area contributed by atoms with Crippen molar-refractivity contribution < 1.29 is 14.3 Å². The van der Waals surface area contributed by atoms with Crippen molar-refractivity contribution in [2.24, 2.45) is 11.8 Å². The number of hydrogen-bond acceptors (Lipinski definition) is 3. The Morgan fingerprint density at radius 2 is 1.94 bits per heavy atom. The van der Waals surface area contributed by atoms with Gasteiger partial charge >= 0.3 is 5.97 Å². The molecule has 0 radical (unpaired) electrons. The van der Waals surface area contributed by atoms with E-state index in [0.717, 1.165) is 0 Å². The van der Waals surface area contributed by atoms with Crippen molar-refractivity contribution in [1.29, 1.82) is 0 Å². The second kappa shape index (κ2) is 4.47. The zero-order valence-corrected chi connectivity index (χ0v) is 9.18. The predicted molar refractivity (Wildman–Crippen MR) is 59.0 cm³/mol. The highest BCUT2D eigenvalue weighted by Crippen LogP contribution is 2.41. The first-order chi connectivity index (χ1) is 7.74. The molecule has 3 nitrogen and oxygen atoms in total. The summed E-state index contributed by atoms with van der Waals surface area (Å²) in [6, 6.07) is 9.09. The first-order valence-electron chi connectivity index (χ1n) is 5.50. The zero-order valence-electron chi connectivity index (χ0n) is 9.18. The molecule has 0 unspecified atom stereocenters. The van der Waals surface area contributed by atoms with E-state index in [4.69, 9.17) is 4.74 Å². The zero-order chi connectivity index (χ0) is 11.5. The fraction of sp³-hybridized carbons (Fsp3) is 0.385. The number of esters is 1. The van der Waals surface area contributed by atoms with Crippen LogP contribution in [0.5, 0.6) is 0 Å². The molecule has 0 bridgehead atoms. The van der Waals surface area contributed by atoms with Crippen molar-refractivity contribution in [3.05, 3.63) is 35.9 Å². The summed E-state index contributed by atoms with van der Waals surface area (Å²) in [5, 5.41) is 0. The van der Waals surface area contributed by atoms with Crippen LogP contribution in [0.4, 0.5) is 0 Å². The highest BCUT2D eigenvalue weighted by Gasteiger charge is 2.48. The molecule has 1 aromatic rings. The number of rotatable bonds is 4. The fourth-order valence-corrected chi connectivity index (χ4v) is 1.81. The number of hydrogen-bond donors (Lipinski definition) is 0. The van der Waals surface area contributed by atoms with Crippen LogP contribution in [0, 0.1) is 11.8 Å². The molecule has 0 N–H and O–H groups in total. The molecule has 2 rings (SSSR count). The molecule has 0 aromatic heterocycles. The SMILES string of the molecule is CCOC(=O)[C@H]1C[C@H]1C(=O)c1ccccc1. The van der Waals surface area contributed by atoms with Gasteiger partial charge in [0.05, 0.1) is 12.5 Å². The molecule has 0 saturated heterocycles. The van der Waals surface area contributed by atoms with Crippen LogP contribution in [-0.4, -0.2) is 18.4 Å². The predicted octanol–water partition coefficient (Wildman–Crippen LogP) is 2.07. The van der Waals surface area contributed by atoms with E-state index >= 15 is 0 Å². The van der Waals surface area contributed by atoms with Gasteiger partial charge in [0.2, 0.25) is 0 Å². The normalized spacial score (nSPS) is 22.6. The van der Waals surface area contributed by atoms with E-state index in [1.807, 2.05) is 18.2 Å². The van der Waals surface area contributed by atoms with E-state index in [-0.39, 0.29) is 23.6 Å². The van der Waals surface area contributed by atoms with Crippen molar-refractivity contribution in [3.8, 4) is 0 Å². The average molecular weight is 218 g/mol. The summed E-state index contributed by atoms with van der Waals surface area (Å²) in [6.45, 7) is 2.15. The van der Waals surface area contributed by atoms with Gasteiger partial charge in [-0.15, -0.1) is 0 Å². The summed E-state index contributed by atoms with van der Waals surface area (Å²) in [5.41, 5.74) is 0.680. The van der Waals surface area contributed by atoms with Gasteiger partial charge in [-0.2, -0.15) is 0 Å². The second-order valence-corrected chi connectivity index (χ2v) is 3.93. The van der Waals surface area contributed by atoms with Gasteiger partial charge in [-0.25, -0.2) is 0 Å². The molecule has 84 valence electrons. The Morgan fingerprint density at radius 3 is 2.56 bits per heavy atom. The van der Waals surface area contributed by atoms with Gasteiger partial charge in [0.1, 0.15) is 0 Å². The van der Waals surface area contributed by atoms with E-state index in [2.05, 4.69) is 0 Å². The van der Waals surface area contributed by atoms with Crippen LogP contribution in [0.15, 0.2) is 30.3 Å². The molecule has 2 atom stereocenters. The lowest BCUT2D eigenvalue weighted by Crippen LogP contribution is -2.11. The monoisotopic (exact) mass is 218 g/mol. The van der Waals surface area contributed by atoms with E-state index in [0.29, 0.717) is 18.6 Å². The number of carbonyl (C=O) groups is 2. The molecule has 0 aliphatic heterocycles. The van der Waals surface area contributed by atoms with Crippen LogP contribution in [0.2, 0.25) is 0 Å². The first kappa shape index (κ1) is 10.9. The molecule has 0 heterocycles. The summed E-state index contributed by atoms with van der Waals surface area (Å²) in [5.74, 6) is -0.565. The van der Waals surface area contributed by atoms with Crippen LogP contribution < -0.4 is 0 Å². The molecule has 1 aliphatic rings. The number of ketones is 1. The van der Waals surface area contributed by atoms with Crippen LogP contribution in [0.3, 0.4) is 0 Å². The minimum atomic E-state index is -0.239. The Morgan fingerprint density at radius 1 is 1.25 bits per heavy atom. The molecule has 0 amide bonds. The number of Topliss-reactive ketones (excluding diaryl/α,β-unsaturated/α-hetero) is 1. The summed E-state index contributed by atoms with van der Waals surface area (Å²) >= 11 is 0. The Labute approximate surface area is 94.4 Å². The van der Waals surface area contributed by atoms with E-state index in [1.54, 1.807) is 19.1 Å². The lowest BCUT2D eigenvalue weighted by atomic mass is 10.1. The van der Waals surface area contributed by atoms with Crippen molar-refractivity contribution in [1.82, 2.24) is 0 Å². The molecule has 1 fully saturated rings. The Bertz CT molecular complexity index is 397. The molecule has 1 aliphatic carbocycles. The molecule has 1 saturated carbocycles. The highest BCUT2D eigenvalue weighted by molar-refractivity contribution is 6.02. The van der Waals surface area contributed by atoms with Crippen molar-refractivity contribution in [2.45, 2.75) is 13.3 Å². The van der Waals surface area contributed by atoms with Crippen LogP contribution in [-0.2, 0) is 9.53 Å². The number of ether oxygens (including phenoxy) is 1. The van der Waals surface area contributed by atoms with Gasteiger partial charge in [0, 0.05) is 11.5 Å². The average Bonchev–Trinajstić information content (AvgIpc) is 3.09. The van der Waals surface area contributed by atoms with E-state index < -0.39 is 0 Å². The minimum Gasteiger partial charge on any atom is -0.466 e. The second-order valence-electron chi connectivity index (χ2n) is 3.93. The lowest BCUT2D eigenvalue weighted by Gasteiger charge is -2.00.